The smallest absolute Gasteiger partial charge is 0.355 e. The molecular formula is C52H57ClFN7O7. The average molecular weight is 947 g/mol. The van der Waals surface area contributed by atoms with E-state index < -0.39 is 35.3 Å². The first kappa shape index (κ1) is 47.9. The van der Waals surface area contributed by atoms with Crippen molar-refractivity contribution in [2.45, 2.75) is 85.4 Å². The summed E-state index contributed by atoms with van der Waals surface area (Å²) in [5.74, 6) is -1.83. The number of aryl methyl sites for hydroxylation is 4. The zero-order valence-corrected chi connectivity index (χ0v) is 40.3. The topological polar surface area (TPSA) is 148 Å². The number of ether oxygens (including phenoxy) is 2. The number of imide groups is 2. The second-order valence-corrected chi connectivity index (χ2v) is 19.0. The molecule has 2 aromatic heterocycles. The van der Waals surface area contributed by atoms with E-state index >= 15 is 0 Å². The molecule has 2 aliphatic rings. The van der Waals surface area contributed by atoms with Crippen LogP contribution >= 0.6 is 11.6 Å². The van der Waals surface area contributed by atoms with Crippen molar-refractivity contribution in [2.75, 3.05) is 44.2 Å². The normalized spacial score (nSPS) is 15.8. The molecule has 4 aromatic carbocycles. The Bertz CT molecular complexity index is 2970. The molecule has 0 saturated carbocycles. The number of piperazine rings is 1. The first-order chi connectivity index (χ1) is 32.4. The first-order valence-electron chi connectivity index (χ1n) is 23.0. The predicted molar refractivity (Wildman–Crippen MR) is 260 cm³/mol. The van der Waals surface area contributed by atoms with Gasteiger partial charge in [-0.15, -0.1) is 0 Å². The highest BCUT2D eigenvalue weighted by atomic mass is 35.5. The van der Waals surface area contributed by atoms with Crippen molar-refractivity contribution in [1.29, 1.82) is 0 Å². The third-order valence-electron chi connectivity index (χ3n) is 13.0. The van der Waals surface area contributed by atoms with E-state index in [1.807, 2.05) is 88.8 Å². The van der Waals surface area contributed by atoms with Gasteiger partial charge in [0.2, 0.25) is 18.2 Å². The maximum absolute atomic E-state index is 14.7. The van der Waals surface area contributed by atoms with E-state index in [2.05, 4.69) is 19.7 Å². The van der Waals surface area contributed by atoms with E-state index in [1.165, 1.54) is 12.1 Å². The molecule has 4 heterocycles. The zero-order valence-electron chi connectivity index (χ0n) is 39.6. The molecule has 68 heavy (non-hydrogen) atoms. The van der Waals surface area contributed by atoms with Crippen LogP contribution in [0.4, 0.5) is 10.1 Å². The van der Waals surface area contributed by atoms with Gasteiger partial charge in [-0.3, -0.25) is 39.0 Å². The lowest BCUT2D eigenvalue weighted by Gasteiger charge is -2.38. The predicted octanol–water partition coefficient (Wildman–Crippen LogP) is 8.11. The molecule has 2 saturated heterocycles. The maximum atomic E-state index is 14.7. The molecule has 14 nitrogen and oxygen atoms in total. The summed E-state index contributed by atoms with van der Waals surface area (Å²) in [4.78, 5) is 71.1. The Kier molecular flexibility index (Phi) is 13.8. The van der Waals surface area contributed by atoms with Gasteiger partial charge in [0, 0.05) is 86.0 Å². The van der Waals surface area contributed by atoms with Gasteiger partial charge in [-0.2, -0.15) is 5.10 Å². The number of hydrogen-bond acceptors (Lipinski definition) is 10. The van der Waals surface area contributed by atoms with Crippen molar-refractivity contribution in [3.8, 4) is 16.9 Å². The number of nitrogens with zero attached hydrogens (tertiary/aromatic N) is 6. The van der Waals surface area contributed by atoms with Gasteiger partial charge in [-0.25, -0.2) is 9.18 Å². The van der Waals surface area contributed by atoms with Crippen molar-refractivity contribution < 1.29 is 37.8 Å². The lowest BCUT2D eigenvalue weighted by atomic mass is 9.98. The Morgan fingerprint density at radius 3 is 2.38 bits per heavy atom. The van der Waals surface area contributed by atoms with Crippen LogP contribution in [0.25, 0.3) is 32.8 Å². The van der Waals surface area contributed by atoms with Crippen LogP contribution in [0.15, 0.2) is 66.7 Å². The SMILES string of the molecule is Cc1cccc(N2CCN(CCn3c(C(=O)OC(C)(C)C)c(CCCOc4cccc5cc(F)ccc45)c4ccc(Cl)c(-c5c(C)nn(C)c5C)c43)CC2)c1C(=O)N(C=O)C1CCC(=O)NC1=O. The van der Waals surface area contributed by atoms with Crippen LogP contribution in [0.2, 0.25) is 5.02 Å². The molecule has 356 valence electrons. The van der Waals surface area contributed by atoms with Crippen LogP contribution in [-0.2, 0) is 39.1 Å². The van der Waals surface area contributed by atoms with Crippen molar-refractivity contribution in [1.82, 2.24) is 29.5 Å². The minimum absolute atomic E-state index is 0.0273. The van der Waals surface area contributed by atoms with Crippen LogP contribution in [0.5, 0.6) is 5.75 Å². The number of piperidine rings is 1. The minimum atomic E-state index is -1.09. The first-order valence-corrected chi connectivity index (χ1v) is 23.4. The molecule has 2 aliphatic heterocycles. The maximum Gasteiger partial charge on any atom is 0.355 e. The number of benzene rings is 4. The summed E-state index contributed by atoms with van der Waals surface area (Å²) in [5.41, 5.74) is 6.31. The van der Waals surface area contributed by atoms with Gasteiger partial charge < -0.3 is 18.9 Å². The van der Waals surface area contributed by atoms with Gasteiger partial charge in [-0.1, -0.05) is 41.9 Å². The van der Waals surface area contributed by atoms with Gasteiger partial charge in [0.05, 0.1) is 28.4 Å². The Labute approximate surface area is 399 Å². The van der Waals surface area contributed by atoms with Gasteiger partial charge in [-0.05, 0) is 114 Å². The van der Waals surface area contributed by atoms with Gasteiger partial charge in [0.1, 0.15) is 28.9 Å². The van der Waals surface area contributed by atoms with Gasteiger partial charge in [0.25, 0.3) is 5.91 Å². The molecule has 4 amide bonds. The molecule has 8 rings (SSSR count). The summed E-state index contributed by atoms with van der Waals surface area (Å²) in [5, 5.41) is 9.94. The highest BCUT2D eigenvalue weighted by molar-refractivity contribution is 6.35. The molecule has 1 unspecified atom stereocenters. The fourth-order valence-corrected chi connectivity index (χ4v) is 9.92. The summed E-state index contributed by atoms with van der Waals surface area (Å²) in [6.07, 6.45) is 1.49. The number of aromatic nitrogens is 3. The highest BCUT2D eigenvalue weighted by Crippen LogP contribution is 2.43. The van der Waals surface area contributed by atoms with E-state index in [0.29, 0.717) is 98.4 Å². The number of esters is 1. The number of fused-ring (bicyclic) bond motifs is 2. The largest absolute Gasteiger partial charge is 0.493 e. The lowest BCUT2D eigenvalue weighted by Crippen LogP contribution is -2.54. The minimum Gasteiger partial charge on any atom is -0.493 e. The Balaban J connectivity index is 1.10. The third kappa shape index (κ3) is 9.59. The second-order valence-electron chi connectivity index (χ2n) is 18.6. The lowest BCUT2D eigenvalue weighted by molar-refractivity contribution is -0.139. The Hall–Kier alpha value is -6.58. The summed E-state index contributed by atoms with van der Waals surface area (Å²) in [7, 11) is 1.90. The second kappa shape index (κ2) is 19.6. The number of carbonyl (C=O) groups excluding carboxylic acids is 5. The van der Waals surface area contributed by atoms with Gasteiger partial charge >= 0.3 is 5.97 Å². The van der Waals surface area contributed by atoms with Crippen molar-refractivity contribution in [3.05, 3.63) is 111 Å². The highest BCUT2D eigenvalue weighted by Gasteiger charge is 2.37. The summed E-state index contributed by atoms with van der Waals surface area (Å²) in [6.45, 7) is 15.0. The Morgan fingerprint density at radius 1 is 0.956 bits per heavy atom. The monoisotopic (exact) mass is 945 g/mol. The van der Waals surface area contributed by atoms with Crippen LogP contribution < -0.4 is 15.0 Å². The molecule has 0 bridgehead atoms. The van der Waals surface area contributed by atoms with Crippen LogP contribution in [-0.4, -0.2) is 105 Å². The van der Waals surface area contributed by atoms with E-state index in [9.17, 15) is 28.4 Å². The number of amides is 4. The fourth-order valence-electron chi connectivity index (χ4n) is 9.67. The van der Waals surface area contributed by atoms with E-state index in [4.69, 9.17) is 26.2 Å². The molecule has 1 N–H and O–H groups in total. The van der Waals surface area contributed by atoms with E-state index in [1.54, 1.807) is 19.1 Å². The summed E-state index contributed by atoms with van der Waals surface area (Å²) in [6, 6.07) is 18.5. The number of halogens is 2. The molecule has 6 aromatic rings. The third-order valence-corrected chi connectivity index (χ3v) is 13.3. The summed E-state index contributed by atoms with van der Waals surface area (Å²) >= 11 is 7.21. The molecule has 16 heteroatoms. The van der Waals surface area contributed by atoms with Crippen LogP contribution in [0.1, 0.15) is 83.4 Å². The quantitative estimate of drug-likeness (QED) is 0.0492. The molecule has 0 radical (unpaired) electrons. The zero-order chi connectivity index (χ0) is 48.6. The van der Waals surface area contributed by atoms with E-state index in [0.717, 1.165) is 54.7 Å². The number of anilines is 1. The number of carbonyl (C=O) groups is 5. The standard InChI is InChI=1S/C52H57ClFN7O7/c1-31-11-8-14-40(44(31)50(65)61(30-62)41-20-21-43(63)55-49(41)64)59-25-22-58(23-26-59)24-27-60-47-38(18-19-39(53)46(47)45-32(2)56-57(7)33(45)3)37(48(60)51(66)68-52(4,5)6)13-10-28-67-42-15-9-12-34-29-35(54)16-17-36(34)42/h8-9,11-12,14-19,29-30,41H,10,13,20-28H2,1-7H3,(H,55,63,64). The van der Waals surface area contributed by atoms with Crippen LogP contribution in [0.3, 0.4) is 0 Å². The van der Waals surface area contributed by atoms with Crippen LogP contribution in [0, 0.1) is 26.6 Å². The average Bonchev–Trinajstić information content (AvgIpc) is 3.74. The summed E-state index contributed by atoms with van der Waals surface area (Å²) < 4.78 is 30.5. The molecule has 0 spiro atoms. The molecule has 1 atom stereocenters. The van der Waals surface area contributed by atoms with Gasteiger partial charge in [0.15, 0.2) is 0 Å². The fraction of sp³-hybridized carbons (Fsp3) is 0.385. The van der Waals surface area contributed by atoms with Crippen molar-refractivity contribution >= 4 is 69.1 Å². The molecule has 0 aliphatic carbocycles. The number of nitrogens with one attached hydrogen (secondary N) is 1. The van der Waals surface area contributed by atoms with E-state index in [-0.39, 0.29) is 18.7 Å². The molecular weight excluding hydrogens is 889 g/mol. The van der Waals surface area contributed by atoms with Crippen molar-refractivity contribution in [2.24, 2.45) is 7.05 Å². The van der Waals surface area contributed by atoms with Crippen molar-refractivity contribution in [3.63, 3.8) is 0 Å². The Morgan fingerprint density at radius 2 is 1.69 bits per heavy atom. The number of hydrogen-bond donors (Lipinski definition) is 1. The molecule has 2 fully saturated rings. The number of rotatable bonds is 14.